The van der Waals surface area contributed by atoms with Gasteiger partial charge in [-0.1, -0.05) is 6.92 Å². The summed E-state index contributed by atoms with van der Waals surface area (Å²) >= 11 is 0. The molecule has 2 heterocycles. The van der Waals surface area contributed by atoms with Crippen molar-refractivity contribution in [2.75, 3.05) is 6.54 Å². The van der Waals surface area contributed by atoms with Gasteiger partial charge in [-0.3, -0.25) is 4.79 Å². The SMILES string of the molecule is CCCn1ncnc1CC(=O)CC1CCCN1. The average molecular weight is 236 g/mol. The van der Waals surface area contributed by atoms with Crippen LogP contribution < -0.4 is 5.32 Å². The van der Waals surface area contributed by atoms with E-state index in [2.05, 4.69) is 22.3 Å². The molecule has 5 nitrogen and oxygen atoms in total. The first kappa shape index (κ1) is 12.2. The summed E-state index contributed by atoms with van der Waals surface area (Å²) < 4.78 is 1.83. The fourth-order valence-electron chi connectivity index (χ4n) is 2.28. The van der Waals surface area contributed by atoms with Gasteiger partial charge < -0.3 is 5.32 Å². The van der Waals surface area contributed by atoms with Crippen LogP contribution in [0.3, 0.4) is 0 Å². The smallest absolute Gasteiger partial charge is 0.142 e. The van der Waals surface area contributed by atoms with E-state index in [1.165, 1.54) is 12.7 Å². The summed E-state index contributed by atoms with van der Waals surface area (Å²) in [5.41, 5.74) is 0. The van der Waals surface area contributed by atoms with Crippen molar-refractivity contribution in [2.45, 2.75) is 51.6 Å². The number of rotatable bonds is 6. The van der Waals surface area contributed by atoms with Crippen LogP contribution in [0.2, 0.25) is 0 Å². The first-order chi connectivity index (χ1) is 8.29. The molecule has 1 saturated heterocycles. The summed E-state index contributed by atoms with van der Waals surface area (Å²) in [5.74, 6) is 1.06. The Bertz CT molecular complexity index is 368. The Morgan fingerprint density at radius 3 is 3.24 bits per heavy atom. The zero-order valence-corrected chi connectivity index (χ0v) is 10.4. The highest BCUT2D eigenvalue weighted by molar-refractivity contribution is 5.80. The Labute approximate surface area is 102 Å². The minimum Gasteiger partial charge on any atom is -0.314 e. The highest BCUT2D eigenvalue weighted by Gasteiger charge is 2.19. The van der Waals surface area contributed by atoms with Crippen LogP contribution in [0.1, 0.15) is 38.4 Å². The Kier molecular flexibility index (Phi) is 4.25. The molecular formula is C12H20N4O. The second kappa shape index (κ2) is 5.91. The summed E-state index contributed by atoms with van der Waals surface area (Å²) in [4.78, 5) is 16.1. The number of hydrogen-bond donors (Lipinski definition) is 1. The molecule has 1 aliphatic heterocycles. The molecule has 0 aliphatic carbocycles. The second-order valence-corrected chi connectivity index (χ2v) is 4.61. The van der Waals surface area contributed by atoms with Crippen LogP contribution in [0.25, 0.3) is 0 Å². The molecule has 1 fully saturated rings. The molecule has 0 aromatic carbocycles. The van der Waals surface area contributed by atoms with Gasteiger partial charge in [0.15, 0.2) is 0 Å². The third kappa shape index (κ3) is 3.36. The van der Waals surface area contributed by atoms with Crippen molar-refractivity contribution in [3.8, 4) is 0 Å². The molecule has 1 aromatic rings. The minimum absolute atomic E-state index is 0.259. The molecule has 1 aromatic heterocycles. The summed E-state index contributed by atoms with van der Waals surface area (Å²) in [6.07, 6.45) is 5.88. The van der Waals surface area contributed by atoms with E-state index >= 15 is 0 Å². The second-order valence-electron chi connectivity index (χ2n) is 4.61. The summed E-state index contributed by atoms with van der Waals surface area (Å²) in [7, 11) is 0. The topological polar surface area (TPSA) is 59.8 Å². The molecule has 1 aliphatic rings. The maximum atomic E-state index is 11.9. The lowest BCUT2D eigenvalue weighted by atomic mass is 10.1. The minimum atomic E-state index is 0.259. The first-order valence-electron chi connectivity index (χ1n) is 6.41. The van der Waals surface area contributed by atoms with E-state index in [9.17, 15) is 4.79 Å². The van der Waals surface area contributed by atoms with Gasteiger partial charge in [0.2, 0.25) is 0 Å². The largest absolute Gasteiger partial charge is 0.314 e. The number of ketones is 1. The van der Waals surface area contributed by atoms with Gasteiger partial charge in [-0.2, -0.15) is 5.10 Å². The van der Waals surface area contributed by atoms with Crippen molar-refractivity contribution in [3.05, 3.63) is 12.2 Å². The molecule has 0 radical (unpaired) electrons. The predicted molar refractivity (Wildman–Crippen MR) is 64.7 cm³/mol. The van der Waals surface area contributed by atoms with E-state index in [1.54, 1.807) is 0 Å². The molecule has 5 heteroatoms. The fraction of sp³-hybridized carbons (Fsp3) is 0.750. The van der Waals surface area contributed by atoms with Crippen molar-refractivity contribution in [2.24, 2.45) is 0 Å². The zero-order chi connectivity index (χ0) is 12.1. The van der Waals surface area contributed by atoms with E-state index in [4.69, 9.17) is 0 Å². The third-order valence-electron chi connectivity index (χ3n) is 3.12. The highest BCUT2D eigenvalue weighted by Crippen LogP contribution is 2.10. The summed E-state index contributed by atoms with van der Waals surface area (Å²) in [5, 5.41) is 7.47. The van der Waals surface area contributed by atoms with E-state index in [1.807, 2.05) is 4.68 Å². The fourth-order valence-corrected chi connectivity index (χ4v) is 2.28. The number of aromatic nitrogens is 3. The van der Waals surface area contributed by atoms with Gasteiger partial charge >= 0.3 is 0 Å². The maximum absolute atomic E-state index is 11.9. The molecule has 0 saturated carbocycles. The van der Waals surface area contributed by atoms with Crippen LogP contribution in [0.15, 0.2) is 6.33 Å². The Hall–Kier alpha value is -1.23. The molecule has 17 heavy (non-hydrogen) atoms. The average Bonchev–Trinajstić information content (AvgIpc) is 2.92. The van der Waals surface area contributed by atoms with Crippen molar-refractivity contribution in [3.63, 3.8) is 0 Å². The van der Waals surface area contributed by atoms with Crippen molar-refractivity contribution in [1.29, 1.82) is 0 Å². The highest BCUT2D eigenvalue weighted by atomic mass is 16.1. The van der Waals surface area contributed by atoms with E-state index in [-0.39, 0.29) is 5.78 Å². The van der Waals surface area contributed by atoms with Crippen molar-refractivity contribution in [1.82, 2.24) is 20.1 Å². The standard InChI is InChI=1S/C12H20N4O/c1-2-6-16-12(14-9-15-16)8-11(17)7-10-4-3-5-13-10/h9-10,13H,2-8H2,1H3. The quantitative estimate of drug-likeness (QED) is 0.798. The molecule has 0 amide bonds. The molecule has 1 atom stereocenters. The Morgan fingerprint density at radius 1 is 1.65 bits per heavy atom. The molecule has 94 valence electrons. The predicted octanol–water partition coefficient (Wildman–Crippen LogP) is 0.942. The van der Waals surface area contributed by atoms with Crippen LogP contribution >= 0.6 is 0 Å². The number of Topliss-reactive ketones (excluding diaryl/α,β-unsaturated/α-hetero) is 1. The molecule has 0 bridgehead atoms. The van der Waals surface area contributed by atoms with Gasteiger partial charge in [-0.05, 0) is 25.8 Å². The number of nitrogens with zero attached hydrogens (tertiary/aromatic N) is 3. The molecule has 1 N–H and O–H groups in total. The number of carbonyl (C=O) groups is 1. The van der Waals surface area contributed by atoms with E-state index in [0.717, 1.165) is 31.8 Å². The van der Waals surface area contributed by atoms with Crippen LogP contribution in [-0.2, 0) is 17.8 Å². The van der Waals surface area contributed by atoms with Gasteiger partial charge in [0.1, 0.15) is 17.9 Å². The zero-order valence-electron chi connectivity index (χ0n) is 10.4. The van der Waals surface area contributed by atoms with E-state index in [0.29, 0.717) is 18.9 Å². The summed E-state index contributed by atoms with van der Waals surface area (Å²) in [6, 6.07) is 0.380. The maximum Gasteiger partial charge on any atom is 0.142 e. The van der Waals surface area contributed by atoms with Gasteiger partial charge in [-0.15, -0.1) is 0 Å². The number of hydrogen-bond acceptors (Lipinski definition) is 4. The van der Waals surface area contributed by atoms with Crippen LogP contribution in [0, 0.1) is 0 Å². The van der Waals surface area contributed by atoms with Gasteiger partial charge in [0, 0.05) is 19.0 Å². The van der Waals surface area contributed by atoms with E-state index < -0.39 is 0 Å². The van der Waals surface area contributed by atoms with Crippen LogP contribution in [-0.4, -0.2) is 33.1 Å². The normalized spacial score (nSPS) is 19.7. The number of carbonyl (C=O) groups excluding carboxylic acids is 1. The Morgan fingerprint density at radius 2 is 2.53 bits per heavy atom. The van der Waals surface area contributed by atoms with Crippen molar-refractivity contribution >= 4 is 5.78 Å². The van der Waals surface area contributed by atoms with Gasteiger partial charge in [0.25, 0.3) is 0 Å². The van der Waals surface area contributed by atoms with Crippen LogP contribution in [0.5, 0.6) is 0 Å². The van der Waals surface area contributed by atoms with Crippen LogP contribution in [0.4, 0.5) is 0 Å². The Balaban J connectivity index is 1.86. The van der Waals surface area contributed by atoms with Gasteiger partial charge in [-0.25, -0.2) is 9.67 Å². The lowest BCUT2D eigenvalue weighted by Crippen LogP contribution is -2.25. The summed E-state index contributed by atoms with van der Waals surface area (Å²) in [6.45, 7) is 3.98. The van der Waals surface area contributed by atoms with Gasteiger partial charge in [0.05, 0.1) is 6.42 Å². The number of nitrogens with one attached hydrogen (secondary N) is 1. The third-order valence-corrected chi connectivity index (χ3v) is 3.12. The molecular weight excluding hydrogens is 216 g/mol. The molecule has 0 spiro atoms. The number of aryl methyl sites for hydroxylation is 1. The first-order valence-corrected chi connectivity index (χ1v) is 6.41. The van der Waals surface area contributed by atoms with Crippen molar-refractivity contribution < 1.29 is 4.79 Å². The monoisotopic (exact) mass is 236 g/mol. The lowest BCUT2D eigenvalue weighted by molar-refractivity contribution is -0.119. The molecule has 1 unspecified atom stereocenters. The molecule has 2 rings (SSSR count). The lowest BCUT2D eigenvalue weighted by Gasteiger charge is -2.09.